The van der Waals surface area contributed by atoms with Gasteiger partial charge in [-0.05, 0) is 24.5 Å². The molecule has 5 nitrogen and oxygen atoms in total. The SMILES string of the molecule is CN=C(NC)NCc1ccc(N2CCCCCC2)nc1.I. The van der Waals surface area contributed by atoms with Crippen LogP contribution in [0.1, 0.15) is 31.2 Å². The van der Waals surface area contributed by atoms with E-state index in [1.807, 2.05) is 13.2 Å². The number of aliphatic imine (C=N–C) groups is 1. The van der Waals surface area contributed by atoms with E-state index >= 15 is 0 Å². The summed E-state index contributed by atoms with van der Waals surface area (Å²) in [4.78, 5) is 11.1. The lowest BCUT2D eigenvalue weighted by Crippen LogP contribution is -2.34. The predicted molar refractivity (Wildman–Crippen MR) is 99.6 cm³/mol. The largest absolute Gasteiger partial charge is 0.359 e. The lowest BCUT2D eigenvalue weighted by Gasteiger charge is -2.21. The van der Waals surface area contributed by atoms with Crippen molar-refractivity contribution in [3.05, 3.63) is 23.9 Å². The van der Waals surface area contributed by atoms with Crippen LogP contribution in [0.2, 0.25) is 0 Å². The number of nitrogens with zero attached hydrogens (tertiary/aromatic N) is 3. The van der Waals surface area contributed by atoms with Crippen molar-refractivity contribution in [1.29, 1.82) is 0 Å². The highest BCUT2D eigenvalue weighted by molar-refractivity contribution is 14.0. The van der Waals surface area contributed by atoms with Crippen molar-refractivity contribution in [2.75, 3.05) is 32.1 Å². The second-order valence-corrected chi connectivity index (χ2v) is 5.10. The van der Waals surface area contributed by atoms with E-state index in [1.165, 1.54) is 31.2 Å². The number of hydrogen-bond acceptors (Lipinski definition) is 3. The van der Waals surface area contributed by atoms with Gasteiger partial charge in [0.1, 0.15) is 5.82 Å². The van der Waals surface area contributed by atoms with Crippen LogP contribution in [0.4, 0.5) is 5.82 Å². The Bertz CT molecular complexity index is 424. The van der Waals surface area contributed by atoms with Crippen LogP contribution in [-0.4, -0.2) is 38.1 Å². The van der Waals surface area contributed by atoms with E-state index < -0.39 is 0 Å². The van der Waals surface area contributed by atoms with Crippen molar-refractivity contribution in [3.8, 4) is 0 Å². The van der Waals surface area contributed by atoms with Crippen molar-refractivity contribution < 1.29 is 0 Å². The van der Waals surface area contributed by atoms with Crippen LogP contribution in [0.3, 0.4) is 0 Å². The number of anilines is 1. The molecule has 2 heterocycles. The molecule has 0 spiro atoms. The fourth-order valence-electron chi connectivity index (χ4n) is 2.47. The van der Waals surface area contributed by atoms with E-state index in [-0.39, 0.29) is 24.0 Å². The molecule has 1 aromatic rings. The summed E-state index contributed by atoms with van der Waals surface area (Å²) in [6.07, 6.45) is 7.21. The fourth-order valence-corrected chi connectivity index (χ4v) is 2.47. The van der Waals surface area contributed by atoms with E-state index in [9.17, 15) is 0 Å². The Morgan fingerprint density at radius 1 is 1.24 bits per heavy atom. The molecule has 21 heavy (non-hydrogen) atoms. The van der Waals surface area contributed by atoms with Gasteiger partial charge in [0.25, 0.3) is 0 Å². The molecule has 6 heteroatoms. The van der Waals surface area contributed by atoms with Gasteiger partial charge < -0.3 is 15.5 Å². The minimum Gasteiger partial charge on any atom is -0.359 e. The standard InChI is InChI=1S/C15H25N5.HI/c1-16-15(17-2)19-12-13-7-8-14(18-11-13)20-9-5-3-4-6-10-20;/h7-8,11H,3-6,9-10,12H2,1-2H3,(H2,16,17,19);1H. The third kappa shape index (κ3) is 5.68. The molecule has 1 aliphatic heterocycles. The number of guanidine groups is 1. The maximum Gasteiger partial charge on any atom is 0.190 e. The van der Waals surface area contributed by atoms with Crippen LogP contribution in [0.15, 0.2) is 23.3 Å². The summed E-state index contributed by atoms with van der Waals surface area (Å²) >= 11 is 0. The fraction of sp³-hybridized carbons (Fsp3) is 0.600. The van der Waals surface area contributed by atoms with Crippen LogP contribution in [-0.2, 0) is 6.54 Å². The normalized spacial score (nSPS) is 15.9. The molecule has 0 amide bonds. The van der Waals surface area contributed by atoms with E-state index in [2.05, 4.69) is 37.6 Å². The maximum absolute atomic E-state index is 4.60. The van der Waals surface area contributed by atoms with Gasteiger partial charge >= 0.3 is 0 Å². The summed E-state index contributed by atoms with van der Waals surface area (Å²) in [6, 6.07) is 4.27. The van der Waals surface area contributed by atoms with Crippen molar-refractivity contribution in [1.82, 2.24) is 15.6 Å². The van der Waals surface area contributed by atoms with Gasteiger partial charge in [0, 0.05) is 39.9 Å². The molecular formula is C15H26IN5. The molecule has 1 saturated heterocycles. The molecule has 1 fully saturated rings. The van der Waals surface area contributed by atoms with Crippen LogP contribution in [0, 0.1) is 0 Å². The first kappa shape index (κ1) is 18.0. The summed E-state index contributed by atoms with van der Waals surface area (Å²) in [5, 5.41) is 6.23. The monoisotopic (exact) mass is 403 g/mol. The van der Waals surface area contributed by atoms with Gasteiger partial charge in [-0.3, -0.25) is 4.99 Å². The average Bonchev–Trinajstić information content (AvgIpc) is 2.78. The summed E-state index contributed by atoms with van der Waals surface area (Å²) < 4.78 is 0. The third-order valence-electron chi connectivity index (χ3n) is 3.66. The molecule has 1 aromatic heterocycles. The maximum atomic E-state index is 4.60. The molecule has 0 bridgehead atoms. The van der Waals surface area contributed by atoms with Gasteiger partial charge in [-0.25, -0.2) is 4.98 Å². The van der Waals surface area contributed by atoms with E-state index in [1.54, 1.807) is 7.05 Å². The summed E-state index contributed by atoms with van der Waals surface area (Å²) in [5.41, 5.74) is 1.17. The van der Waals surface area contributed by atoms with Crippen LogP contribution < -0.4 is 15.5 Å². The number of aromatic nitrogens is 1. The van der Waals surface area contributed by atoms with Crippen LogP contribution in [0.25, 0.3) is 0 Å². The first-order chi connectivity index (χ1) is 9.83. The average molecular weight is 403 g/mol. The number of rotatable bonds is 3. The molecule has 2 rings (SSSR count). The van der Waals surface area contributed by atoms with Gasteiger partial charge in [-0.2, -0.15) is 0 Å². The van der Waals surface area contributed by atoms with Gasteiger partial charge in [0.2, 0.25) is 0 Å². The number of hydrogen-bond donors (Lipinski definition) is 2. The lowest BCUT2D eigenvalue weighted by atomic mass is 10.2. The van der Waals surface area contributed by atoms with Crippen molar-refractivity contribution >= 4 is 35.8 Å². The zero-order chi connectivity index (χ0) is 14.2. The molecule has 0 saturated carbocycles. The Kier molecular flexibility index (Phi) is 8.41. The molecule has 0 aliphatic carbocycles. The minimum atomic E-state index is 0. The minimum absolute atomic E-state index is 0. The molecule has 0 atom stereocenters. The Hall–Kier alpha value is -1.05. The Balaban J connectivity index is 0.00000220. The number of pyridine rings is 1. The van der Waals surface area contributed by atoms with Crippen molar-refractivity contribution in [2.24, 2.45) is 4.99 Å². The molecule has 2 N–H and O–H groups in total. The Morgan fingerprint density at radius 2 is 1.95 bits per heavy atom. The number of nitrogens with one attached hydrogen (secondary N) is 2. The van der Waals surface area contributed by atoms with Crippen molar-refractivity contribution in [2.45, 2.75) is 32.2 Å². The Morgan fingerprint density at radius 3 is 2.48 bits per heavy atom. The third-order valence-corrected chi connectivity index (χ3v) is 3.66. The second kappa shape index (κ2) is 9.81. The molecule has 1 aliphatic rings. The van der Waals surface area contributed by atoms with Gasteiger partial charge in [0.15, 0.2) is 5.96 Å². The van der Waals surface area contributed by atoms with Crippen LogP contribution >= 0.6 is 24.0 Å². The van der Waals surface area contributed by atoms with Gasteiger partial charge in [-0.15, -0.1) is 24.0 Å². The smallest absolute Gasteiger partial charge is 0.190 e. The Labute approximate surface area is 144 Å². The summed E-state index contributed by atoms with van der Waals surface area (Å²) in [7, 11) is 3.62. The predicted octanol–water partition coefficient (Wildman–Crippen LogP) is 2.37. The molecule has 0 unspecified atom stereocenters. The van der Waals surface area contributed by atoms with E-state index in [0.717, 1.165) is 31.4 Å². The summed E-state index contributed by atoms with van der Waals surface area (Å²) in [6.45, 7) is 3.01. The van der Waals surface area contributed by atoms with Crippen molar-refractivity contribution in [3.63, 3.8) is 0 Å². The molecular weight excluding hydrogens is 377 g/mol. The topological polar surface area (TPSA) is 52.6 Å². The highest BCUT2D eigenvalue weighted by atomic mass is 127. The lowest BCUT2D eigenvalue weighted by molar-refractivity contribution is 0.726. The zero-order valence-electron chi connectivity index (χ0n) is 12.9. The summed E-state index contributed by atoms with van der Waals surface area (Å²) in [5.74, 6) is 1.90. The quantitative estimate of drug-likeness (QED) is 0.462. The van der Waals surface area contributed by atoms with Gasteiger partial charge in [-0.1, -0.05) is 18.9 Å². The van der Waals surface area contributed by atoms with E-state index in [4.69, 9.17) is 0 Å². The first-order valence-corrected chi connectivity index (χ1v) is 7.42. The highest BCUT2D eigenvalue weighted by Gasteiger charge is 2.10. The van der Waals surface area contributed by atoms with Gasteiger partial charge in [0.05, 0.1) is 0 Å². The molecule has 0 aromatic carbocycles. The zero-order valence-corrected chi connectivity index (χ0v) is 15.3. The van der Waals surface area contributed by atoms with Crippen LogP contribution in [0.5, 0.6) is 0 Å². The second-order valence-electron chi connectivity index (χ2n) is 5.10. The first-order valence-electron chi connectivity index (χ1n) is 7.42. The molecule has 0 radical (unpaired) electrons. The number of halogens is 1. The molecule has 118 valence electrons. The highest BCUT2D eigenvalue weighted by Crippen LogP contribution is 2.17. The van der Waals surface area contributed by atoms with E-state index in [0.29, 0.717) is 0 Å².